The minimum absolute atomic E-state index is 1.08. The summed E-state index contributed by atoms with van der Waals surface area (Å²) in [5.41, 5.74) is 1.44. The van der Waals surface area contributed by atoms with E-state index in [4.69, 9.17) is 0 Å². The highest BCUT2D eigenvalue weighted by molar-refractivity contribution is 5.72. The van der Waals surface area contributed by atoms with Crippen LogP contribution in [-0.2, 0) is 0 Å². The lowest BCUT2D eigenvalue weighted by atomic mass is 10.1. The number of aliphatic imine (C=N–C) groups is 1. The molecule has 54 valence electrons. The highest BCUT2D eigenvalue weighted by atomic mass is 14.7. The van der Waals surface area contributed by atoms with Crippen LogP contribution in [0.2, 0.25) is 0 Å². The molecule has 1 rings (SSSR count). The third kappa shape index (κ3) is 2.18. The third-order valence-corrected chi connectivity index (χ3v) is 1.52. The maximum Gasteiger partial charge on any atom is 0.0264 e. The van der Waals surface area contributed by atoms with Gasteiger partial charge in [0.2, 0.25) is 0 Å². The average molecular weight is 135 g/mol. The van der Waals surface area contributed by atoms with Gasteiger partial charge in [0.05, 0.1) is 0 Å². The molecule has 1 heterocycles. The molecule has 0 aromatic rings. The van der Waals surface area contributed by atoms with E-state index >= 15 is 0 Å². The molecule has 0 bridgehead atoms. The van der Waals surface area contributed by atoms with Gasteiger partial charge in [0.25, 0.3) is 0 Å². The molecule has 1 heteroatoms. The van der Waals surface area contributed by atoms with Gasteiger partial charge in [-0.3, -0.25) is 4.99 Å². The van der Waals surface area contributed by atoms with E-state index in [1.54, 1.807) is 0 Å². The fourth-order valence-electron chi connectivity index (χ4n) is 1.02. The molecule has 0 radical (unpaired) electrons. The Morgan fingerprint density at radius 2 is 2.50 bits per heavy atom. The number of hydrogen-bond acceptors (Lipinski definition) is 1. The Morgan fingerprint density at radius 3 is 3.30 bits per heavy atom. The normalized spacial score (nSPS) is 16.7. The van der Waals surface area contributed by atoms with E-state index in [1.807, 2.05) is 18.5 Å². The zero-order chi connectivity index (χ0) is 7.23. The first-order chi connectivity index (χ1) is 4.93. The van der Waals surface area contributed by atoms with Crippen molar-refractivity contribution >= 4 is 6.21 Å². The van der Waals surface area contributed by atoms with Crippen molar-refractivity contribution in [3.05, 3.63) is 23.9 Å². The Kier molecular flexibility index (Phi) is 2.94. The molecule has 0 aromatic heterocycles. The van der Waals surface area contributed by atoms with Gasteiger partial charge in [-0.2, -0.15) is 0 Å². The van der Waals surface area contributed by atoms with Crippen molar-refractivity contribution in [3.63, 3.8) is 0 Å². The average Bonchev–Trinajstić information content (AvgIpc) is 2.17. The molecular weight excluding hydrogens is 122 g/mol. The quantitative estimate of drug-likeness (QED) is 0.552. The van der Waals surface area contributed by atoms with E-state index in [0.717, 1.165) is 6.42 Å². The summed E-state index contributed by atoms with van der Waals surface area (Å²) >= 11 is 0. The Morgan fingerprint density at radius 1 is 1.60 bits per heavy atom. The summed E-state index contributed by atoms with van der Waals surface area (Å²) < 4.78 is 0. The fourth-order valence-corrected chi connectivity index (χ4v) is 1.02. The Balaban J connectivity index is 2.50. The van der Waals surface area contributed by atoms with Gasteiger partial charge in [0, 0.05) is 12.4 Å². The summed E-state index contributed by atoms with van der Waals surface area (Å²) in [4.78, 5) is 4.10. The molecule has 0 atom stereocenters. The lowest BCUT2D eigenvalue weighted by Gasteiger charge is -1.97. The van der Waals surface area contributed by atoms with Crippen molar-refractivity contribution in [1.82, 2.24) is 0 Å². The maximum atomic E-state index is 4.10. The van der Waals surface area contributed by atoms with E-state index in [1.165, 1.54) is 18.4 Å². The lowest BCUT2D eigenvalue weighted by molar-refractivity contribution is 0.877. The number of nitrogens with zero attached hydrogens (tertiary/aromatic N) is 1. The van der Waals surface area contributed by atoms with Crippen molar-refractivity contribution in [2.75, 3.05) is 0 Å². The van der Waals surface area contributed by atoms with Crippen LogP contribution in [0.3, 0.4) is 0 Å². The summed E-state index contributed by atoms with van der Waals surface area (Å²) in [6, 6.07) is 0. The van der Waals surface area contributed by atoms with Crippen LogP contribution in [0, 0.1) is 0 Å². The van der Waals surface area contributed by atoms with Gasteiger partial charge >= 0.3 is 0 Å². The monoisotopic (exact) mass is 135 g/mol. The molecule has 1 aliphatic rings. The molecule has 0 saturated heterocycles. The van der Waals surface area contributed by atoms with Crippen molar-refractivity contribution < 1.29 is 0 Å². The lowest BCUT2D eigenvalue weighted by Crippen LogP contribution is -1.78. The number of hydrogen-bond donors (Lipinski definition) is 0. The first kappa shape index (κ1) is 7.26. The molecule has 1 nitrogen and oxygen atoms in total. The van der Waals surface area contributed by atoms with Crippen LogP contribution in [0.4, 0.5) is 0 Å². The first-order valence-electron chi connectivity index (χ1n) is 3.79. The van der Waals surface area contributed by atoms with Gasteiger partial charge in [-0.25, -0.2) is 0 Å². The summed E-state index contributed by atoms with van der Waals surface area (Å²) in [7, 11) is 0. The molecule has 0 fully saturated rings. The molecule has 0 saturated carbocycles. The fraction of sp³-hybridized carbons (Fsp3) is 0.444. The van der Waals surface area contributed by atoms with Crippen LogP contribution < -0.4 is 0 Å². The predicted molar refractivity (Wildman–Crippen MR) is 45.2 cm³/mol. The zero-order valence-corrected chi connectivity index (χ0v) is 6.38. The second kappa shape index (κ2) is 4.04. The summed E-state index contributed by atoms with van der Waals surface area (Å²) in [5.74, 6) is 0. The molecule has 0 N–H and O–H groups in total. The van der Waals surface area contributed by atoms with Gasteiger partial charge in [0.1, 0.15) is 0 Å². The minimum atomic E-state index is 1.08. The van der Waals surface area contributed by atoms with Crippen molar-refractivity contribution in [3.8, 4) is 0 Å². The van der Waals surface area contributed by atoms with Crippen molar-refractivity contribution in [2.45, 2.75) is 26.2 Å². The Labute approximate surface area is 62.2 Å². The standard InChI is InChI=1S/C9H13N/c1-2-5-9-6-3-4-7-10-8-9/h3-4,7-8H,2,5-6H2,1H3. The van der Waals surface area contributed by atoms with Crippen LogP contribution >= 0.6 is 0 Å². The van der Waals surface area contributed by atoms with Crippen LogP contribution in [0.5, 0.6) is 0 Å². The van der Waals surface area contributed by atoms with Gasteiger partial charge in [-0.15, -0.1) is 0 Å². The van der Waals surface area contributed by atoms with Crippen LogP contribution in [0.1, 0.15) is 26.2 Å². The molecule has 0 spiro atoms. The maximum absolute atomic E-state index is 4.10. The molecule has 0 amide bonds. The van der Waals surface area contributed by atoms with Gasteiger partial charge in [0.15, 0.2) is 0 Å². The van der Waals surface area contributed by atoms with Crippen molar-refractivity contribution in [1.29, 1.82) is 0 Å². The van der Waals surface area contributed by atoms with Gasteiger partial charge in [-0.1, -0.05) is 19.4 Å². The van der Waals surface area contributed by atoms with Gasteiger partial charge < -0.3 is 0 Å². The van der Waals surface area contributed by atoms with E-state index < -0.39 is 0 Å². The summed E-state index contributed by atoms with van der Waals surface area (Å²) in [6.07, 6.45) is 11.4. The summed E-state index contributed by atoms with van der Waals surface area (Å²) in [6.45, 7) is 2.19. The van der Waals surface area contributed by atoms with Crippen LogP contribution in [0.25, 0.3) is 0 Å². The van der Waals surface area contributed by atoms with E-state index in [0.29, 0.717) is 0 Å². The molecule has 0 aliphatic carbocycles. The smallest absolute Gasteiger partial charge is 0.0264 e. The zero-order valence-electron chi connectivity index (χ0n) is 6.38. The number of rotatable bonds is 2. The van der Waals surface area contributed by atoms with Crippen LogP contribution in [0.15, 0.2) is 28.9 Å². The second-order valence-electron chi connectivity index (χ2n) is 2.47. The molecule has 1 aliphatic heterocycles. The van der Waals surface area contributed by atoms with Gasteiger partial charge in [-0.05, 0) is 24.5 Å². The topological polar surface area (TPSA) is 12.4 Å². The highest BCUT2D eigenvalue weighted by Gasteiger charge is 1.93. The van der Waals surface area contributed by atoms with E-state index in [-0.39, 0.29) is 0 Å². The first-order valence-corrected chi connectivity index (χ1v) is 3.79. The Hall–Kier alpha value is -0.850. The molecule has 0 unspecified atom stereocenters. The van der Waals surface area contributed by atoms with Crippen LogP contribution in [-0.4, -0.2) is 6.21 Å². The second-order valence-corrected chi connectivity index (χ2v) is 2.47. The summed E-state index contributed by atoms with van der Waals surface area (Å²) in [5, 5.41) is 0. The minimum Gasteiger partial charge on any atom is -0.265 e. The Bertz CT molecular complexity index is 175. The van der Waals surface area contributed by atoms with E-state index in [9.17, 15) is 0 Å². The van der Waals surface area contributed by atoms with E-state index in [2.05, 4.69) is 18.0 Å². The SMILES string of the molecule is CCCC1=CN=CC=CC1. The number of allylic oxidation sites excluding steroid dienone is 3. The molecular formula is C9H13N. The molecule has 10 heavy (non-hydrogen) atoms. The predicted octanol–water partition coefficient (Wildman–Crippen LogP) is 2.70. The largest absolute Gasteiger partial charge is 0.265 e. The molecule has 0 aromatic carbocycles. The third-order valence-electron chi connectivity index (χ3n) is 1.52. The highest BCUT2D eigenvalue weighted by Crippen LogP contribution is 2.11. The van der Waals surface area contributed by atoms with Crippen molar-refractivity contribution in [2.24, 2.45) is 4.99 Å².